The van der Waals surface area contributed by atoms with E-state index in [1.165, 1.54) is 10.7 Å². The van der Waals surface area contributed by atoms with Gasteiger partial charge in [-0.05, 0) is 52.9 Å². The summed E-state index contributed by atoms with van der Waals surface area (Å²) in [5.74, 6) is -1.14. The lowest BCUT2D eigenvalue weighted by Crippen LogP contribution is -2.03. The highest BCUT2D eigenvalue weighted by atomic mass is 19.2. The van der Waals surface area contributed by atoms with E-state index in [1.54, 1.807) is 30.7 Å². The van der Waals surface area contributed by atoms with E-state index in [1.807, 2.05) is 30.3 Å². The molecule has 0 saturated carbocycles. The molecule has 0 unspecified atom stereocenters. The Morgan fingerprint density at radius 2 is 1.61 bits per heavy atom. The van der Waals surface area contributed by atoms with Crippen molar-refractivity contribution in [3.63, 3.8) is 0 Å². The van der Waals surface area contributed by atoms with Crippen LogP contribution in [0.1, 0.15) is 0 Å². The molecule has 5 aromatic rings. The molecule has 0 aliphatic carbocycles. The van der Waals surface area contributed by atoms with Crippen molar-refractivity contribution in [1.29, 1.82) is 0 Å². The molecule has 7 nitrogen and oxygen atoms in total. The first-order valence-electron chi connectivity index (χ1n) is 9.28. The van der Waals surface area contributed by atoms with Gasteiger partial charge in [-0.25, -0.2) is 18.7 Å². The highest BCUT2D eigenvalue weighted by Crippen LogP contribution is 2.32. The number of para-hydroxylation sites is 1. The summed E-state index contributed by atoms with van der Waals surface area (Å²) in [5, 5.41) is 12.0. The summed E-state index contributed by atoms with van der Waals surface area (Å²) in [6, 6.07) is 16.4. The Balaban J connectivity index is 1.73. The Labute approximate surface area is 175 Å². The molecule has 5 rings (SSSR count). The lowest BCUT2D eigenvalue weighted by Gasteiger charge is -2.11. The van der Waals surface area contributed by atoms with Gasteiger partial charge in [-0.1, -0.05) is 18.2 Å². The number of rotatable bonds is 4. The average molecular weight is 413 g/mol. The molecule has 9 heteroatoms. The van der Waals surface area contributed by atoms with Crippen LogP contribution in [-0.2, 0) is 0 Å². The first kappa shape index (κ1) is 18.6. The van der Waals surface area contributed by atoms with Gasteiger partial charge >= 0.3 is 0 Å². The third-order valence-corrected chi connectivity index (χ3v) is 4.63. The van der Waals surface area contributed by atoms with Crippen LogP contribution in [0, 0.1) is 11.6 Å². The zero-order valence-electron chi connectivity index (χ0n) is 15.9. The number of benzene rings is 2. The summed E-state index contributed by atoms with van der Waals surface area (Å²) in [6.07, 6.45) is 4.82. The number of hydrogen-bond donors (Lipinski definition) is 0. The topological polar surface area (TPSA) is 82.3 Å². The fourth-order valence-corrected chi connectivity index (χ4v) is 3.15. The maximum atomic E-state index is 14.0. The van der Waals surface area contributed by atoms with Gasteiger partial charge in [0, 0.05) is 29.7 Å². The predicted octanol–water partition coefficient (Wildman–Crippen LogP) is 4.13. The minimum atomic E-state index is -0.977. The number of nitrogens with zero attached hydrogens (tertiary/aromatic N) is 7. The zero-order valence-corrected chi connectivity index (χ0v) is 15.9. The van der Waals surface area contributed by atoms with Gasteiger partial charge in [0.15, 0.2) is 23.3 Å². The van der Waals surface area contributed by atoms with Crippen LogP contribution < -0.4 is 0 Å². The van der Waals surface area contributed by atoms with E-state index in [-0.39, 0.29) is 0 Å². The fourth-order valence-electron chi connectivity index (χ4n) is 3.15. The van der Waals surface area contributed by atoms with Crippen LogP contribution in [0.2, 0.25) is 0 Å². The molecule has 3 heterocycles. The van der Waals surface area contributed by atoms with Crippen LogP contribution in [0.5, 0.6) is 0 Å². The Morgan fingerprint density at radius 3 is 2.39 bits per heavy atom. The average Bonchev–Trinajstić information content (AvgIpc) is 3.31. The second-order valence-electron chi connectivity index (χ2n) is 6.57. The predicted molar refractivity (Wildman–Crippen MR) is 109 cm³/mol. The molecule has 0 spiro atoms. The summed E-state index contributed by atoms with van der Waals surface area (Å²) in [6.45, 7) is 0. The molecule has 0 fully saturated rings. The molecule has 0 aliphatic rings. The molecule has 0 atom stereocenters. The molecule has 3 aromatic heterocycles. The lowest BCUT2D eigenvalue weighted by molar-refractivity contribution is 0.509. The van der Waals surface area contributed by atoms with Gasteiger partial charge in [0.25, 0.3) is 0 Å². The van der Waals surface area contributed by atoms with E-state index >= 15 is 0 Å². The van der Waals surface area contributed by atoms with Crippen LogP contribution in [-0.4, -0.2) is 35.2 Å². The molecular formula is C22H13F2N7. The van der Waals surface area contributed by atoms with E-state index in [4.69, 9.17) is 0 Å². The minimum Gasteiger partial charge on any atom is -0.265 e. The van der Waals surface area contributed by atoms with Crippen LogP contribution in [0.3, 0.4) is 0 Å². The van der Waals surface area contributed by atoms with Crippen molar-refractivity contribution >= 4 is 0 Å². The van der Waals surface area contributed by atoms with Gasteiger partial charge in [0.2, 0.25) is 0 Å². The van der Waals surface area contributed by atoms with Crippen molar-refractivity contribution in [2.75, 3.05) is 0 Å². The maximum Gasteiger partial charge on any atom is 0.190 e. The van der Waals surface area contributed by atoms with Crippen LogP contribution in [0.15, 0.2) is 79.3 Å². The van der Waals surface area contributed by atoms with Gasteiger partial charge in [0.05, 0.1) is 16.9 Å². The highest BCUT2D eigenvalue weighted by Gasteiger charge is 2.20. The number of halogens is 2. The standard InChI is InChI=1S/C22H13F2N7/c23-18-7-6-15(12-19(18)24)20-17(13-26-21(27-20)14-8-10-25-11-9-14)22-28-29-30-31(22)16-4-2-1-3-5-16/h1-13H. The maximum absolute atomic E-state index is 14.0. The highest BCUT2D eigenvalue weighted by molar-refractivity contribution is 5.79. The Bertz CT molecular complexity index is 1360. The van der Waals surface area contributed by atoms with Crippen molar-refractivity contribution in [1.82, 2.24) is 35.2 Å². The number of hydrogen-bond acceptors (Lipinski definition) is 6. The van der Waals surface area contributed by atoms with Crippen LogP contribution in [0.25, 0.3) is 39.7 Å². The van der Waals surface area contributed by atoms with E-state index in [0.29, 0.717) is 28.5 Å². The van der Waals surface area contributed by atoms with Crippen LogP contribution >= 0.6 is 0 Å². The van der Waals surface area contributed by atoms with Gasteiger partial charge < -0.3 is 0 Å². The SMILES string of the molecule is Fc1ccc(-c2nc(-c3ccncc3)ncc2-c2nnnn2-c2ccccc2)cc1F. The second-order valence-corrected chi connectivity index (χ2v) is 6.57. The monoisotopic (exact) mass is 413 g/mol. The quantitative estimate of drug-likeness (QED) is 0.441. The molecule has 0 saturated heterocycles. The van der Waals surface area contributed by atoms with Crippen molar-refractivity contribution in [3.05, 3.63) is 90.9 Å². The van der Waals surface area contributed by atoms with E-state index in [2.05, 4.69) is 30.5 Å². The van der Waals surface area contributed by atoms with E-state index in [0.717, 1.165) is 23.4 Å². The summed E-state index contributed by atoms with van der Waals surface area (Å²) in [4.78, 5) is 13.1. The summed E-state index contributed by atoms with van der Waals surface area (Å²) < 4.78 is 29.1. The number of tetrazole rings is 1. The lowest BCUT2D eigenvalue weighted by atomic mass is 10.1. The van der Waals surface area contributed by atoms with Gasteiger partial charge in [-0.3, -0.25) is 4.98 Å². The van der Waals surface area contributed by atoms with Gasteiger partial charge in [-0.2, -0.15) is 4.68 Å². The Morgan fingerprint density at radius 1 is 0.806 bits per heavy atom. The summed E-state index contributed by atoms with van der Waals surface area (Å²) in [7, 11) is 0. The third kappa shape index (κ3) is 3.52. The first-order valence-corrected chi connectivity index (χ1v) is 9.28. The molecule has 0 N–H and O–H groups in total. The molecule has 0 amide bonds. The molecule has 0 bridgehead atoms. The summed E-state index contributed by atoms with van der Waals surface area (Å²) >= 11 is 0. The van der Waals surface area contributed by atoms with Crippen molar-refractivity contribution < 1.29 is 8.78 Å². The van der Waals surface area contributed by atoms with Gasteiger partial charge in [-0.15, -0.1) is 5.10 Å². The second kappa shape index (κ2) is 7.79. The fraction of sp³-hybridized carbons (Fsp3) is 0. The molecule has 2 aromatic carbocycles. The molecule has 0 radical (unpaired) electrons. The summed E-state index contributed by atoms with van der Waals surface area (Å²) in [5.41, 5.74) is 2.67. The Hall–Kier alpha value is -4.40. The van der Waals surface area contributed by atoms with E-state index < -0.39 is 11.6 Å². The third-order valence-electron chi connectivity index (χ3n) is 4.63. The zero-order chi connectivity index (χ0) is 21.2. The van der Waals surface area contributed by atoms with E-state index in [9.17, 15) is 8.78 Å². The number of pyridine rings is 1. The first-order chi connectivity index (χ1) is 15.2. The largest absolute Gasteiger partial charge is 0.265 e. The smallest absolute Gasteiger partial charge is 0.190 e. The molecule has 31 heavy (non-hydrogen) atoms. The van der Waals surface area contributed by atoms with Gasteiger partial charge in [0.1, 0.15) is 0 Å². The Kier molecular flexibility index (Phi) is 4.68. The van der Waals surface area contributed by atoms with Crippen molar-refractivity contribution in [2.24, 2.45) is 0 Å². The van der Waals surface area contributed by atoms with Crippen LogP contribution in [0.4, 0.5) is 8.78 Å². The molecule has 150 valence electrons. The molecular weight excluding hydrogens is 400 g/mol. The van der Waals surface area contributed by atoms with Crippen molar-refractivity contribution in [2.45, 2.75) is 0 Å². The van der Waals surface area contributed by atoms with Crippen molar-refractivity contribution in [3.8, 4) is 39.7 Å². The molecule has 0 aliphatic heterocycles. The minimum absolute atomic E-state index is 0.368. The number of aromatic nitrogens is 7. The normalized spacial score (nSPS) is 10.9.